The second kappa shape index (κ2) is 5.93. The summed E-state index contributed by atoms with van der Waals surface area (Å²) in [4.78, 5) is 28.4. The molecule has 2 fully saturated rings. The summed E-state index contributed by atoms with van der Waals surface area (Å²) >= 11 is 0. The molecule has 7 heteroatoms. The fraction of sp³-hybridized carbons (Fsp3) is 0.368. The van der Waals surface area contributed by atoms with E-state index >= 15 is 0 Å². The molecule has 0 bridgehead atoms. The van der Waals surface area contributed by atoms with Crippen molar-refractivity contribution >= 4 is 17.5 Å². The second-order valence-corrected chi connectivity index (χ2v) is 7.12. The molecule has 0 N–H and O–H groups in total. The molecule has 2 amide bonds. The molecule has 1 aromatic carbocycles. The normalized spacial score (nSPS) is 22.7. The summed E-state index contributed by atoms with van der Waals surface area (Å²) in [6.45, 7) is 3.15. The van der Waals surface area contributed by atoms with Crippen molar-refractivity contribution in [3.63, 3.8) is 0 Å². The Morgan fingerprint density at radius 2 is 2.00 bits per heavy atom. The number of aryl methyl sites for hydroxylation is 1. The molecule has 1 unspecified atom stereocenters. The van der Waals surface area contributed by atoms with Gasteiger partial charge in [-0.1, -0.05) is 0 Å². The van der Waals surface area contributed by atoms with Crippen LogP contribution in [0.25, 0.3) is 0 Å². The predicted molar refractivity (Wildman–Crippen MR) is 89.7 cm³/mol. The van der Waals surface area contributed by atoms with Gasteiger partial charge in [0.2, 0.25) is 5.91 Å². The van der Waals surface area contributed by atoms with Crippen molar-refractivity contribution in [3.05, 3.63) is 53.5 Å². The van der Waals surface area contributed by atoms with Gasteiger partial charge in [0, 0.05) is 43.2 Å². The molecule has 4 rings (SSSR count). The number of hydrogen-bond donors (Lipinski definition) is 0. The summed E-state index contributed by atoms with van der Waals surface area (Å²) in [5.74, 6) is -1.59. The van der Waals surface area contributed by atoms with E-state index in [-0.39, 0.29) is 17.2 Å². The van der Waals surface area contributed by atoms with E-state index in [1.807, 2.05) is 0 Å². The molecule has 2 aliphatic heterocycles. The van der Waals surface area contributed by atoms with Crippen molar-refractivity contribution in [1.29, 1.82) is 0 Å². The number of anilines is 1. The minimum absolute atomic E-state index is 0.105. The molecule has 2 aromatic rings. The SMILES string of the molecule is Cc1occc1C(=O)N1CCC2(CC(=O)N(c3ccc(F)c(F)c3)C2)C1. The maximum atomic E-state index is 13.5. The molecule has 0 aliphatic carbocycles. The number of carbonyl (C=O) groups excluding carboxylic acids is 2. The molecule has 5 nitrogen and oxygen atoms in total. The van der Waals surface area contributed by atoms with Crippen LogP contribution in [0.3, 0.4) is 0 Å². The van der Waals surface area contributed by atoms with Crippen LogP contribution >= 0.6 is 0 Å². The third-order valence-electron chi connectivity index (χ3n) is 5.35. The third-order valence-corrected chi connectivity index (χ3v) is 5.35. The highest BCUT2D eigenvalue weighted by atomic mass is 19.2. The van der Waals surface area contributed by atoms with Crippen LogP contribution in [0, 0.1) is 24.0 Å². The van der Waals surface area contributed by atoms with Crippen LogP contribution < -0.4 is 4.90 Å². The van der Waals surface area contributed by atoms with E-state index in [0.29, 0.717) is 49.5 Å². The zero-order valence-corrected chi connectivity index (χ0v) is 14.3. The van der Waals surface area contributed by atoms with E-state index in [1.54, 1.807) is 17.9 Å². The van der Waals surface area contributed by atoms with Crippen molar-refractivity contribution in [1.82, 2.24) is 4.90 Å². The van der Waals surface area contributed by atoms with E-state index in [1.165, 1.54) is 17.2 Å². The molecule has 1 atom stereocenters. The first-order valence-corrected chi connectivity index (χ1v) is 8.47. The number of furan rings is 1. The van der Waals surface area contributed by atoms with Crippen LogP contribution in [0.1, 0.15) is 29.0 Å². The average Bonchev–Trinajstić information content (AvgIpc) is 3.29. The molecule has 2 aliphatic rings. The zero-order chi connectivity index (χ0) is 18.5. The van der Waals surface area contributed by atoms with Crippen molar-refractivity contribution in [3.8, 4) is 0 Å². The Kier molecular flexibility index (Phi) is 3.82. The van der Waals surface area contributed by atoms with E-state index in [9.17, 15) is 18.4 Å². The topological polar surface area (TPSA) is 53.8 Å². The first-order valence-electron chi connectivity index (χ1n) is 8.47. The Labute approximate surface area is 149 Å². The molecule has 0 saturated carbocycles. The van der Waals surface area contributed by atoms with Crippen LogP contribution in [-0.2, 0) is 4.79 Å². The van der Waals surface area contributed by atoms with Gasteiger partial charge in [-0.25, -0.2) is 8.78 Å². The molecular weight excluding hydrogens is 342 g/mol. The van der Waals surface area contributed by atoms with Gasteiger partial charge in [-0.2, -0.15) is 0 Å². The molecular formula is C19H18F2N2O3. The van der Waals surface area contributed by atoms with Gasteiger partial charge in [0.25, 0.3) is 5.91 Å². The first kappa shape index (κ1) is 16.8. The number of carbonyl (C=O) groups is 2. The monoisotopic (exact) mass is 360 g/mol. The molecule has 136 valence electrons. The summed E-state index contributed by atoms with van der Waals surface area (Å²) in [7, 11) is 0. The summed E-state index contributed by atoms with van der Waals surface area (Å²) in [5, 5.41) is 0. The molecule has 1 aromatic heterocycles. The quantitative estimate of drug-likeness (QED) is 0.827. The maximum Gasteiger partial charge on any atom is 0.257 e. The standard InChI is InChI=1S/C19H18F2N2O3/c1-12-14(4-7-26-12)18(25)22-6-5-19(10-22)9-17(24)23(11-19)13-2-3-15(20)16(21)8-13/h2-4,7-8H,5-6,9-11H2,1H3. The van der Waals surface area contributed by atoms with Gasteiger partial charge >= 0.3 is 0 Å². The van der Waals surface area contributed by atoms with Crippen molar-refractivity contribution in [2.45, 2.75) is 19.8 Å². The van der Waals surface area contributed by atoms with E-state index < -0.39 is 11.6 Å². The zero-order valence-electron chi connectivity index (χ0n) is 14.3. The van der Waals surface area contributed by atoms with Crippen molar-refractivity contribution in [2.24, 2.45) is 5.41 Å². The molecule has 0 radical (unpaired) electrons. The smallest absolute Gasteiger partial charge is 0.257 e. The minimum atomic E-state index is -0.977. The average molecular weight is 360 g/mol. The number of benzene rings is 1. The van der Waals surface area contributed by atoms with Crippen LogP contribution in [0.5, 0.6) is 0 Å². The highest BCUT2D eigenvalue weighted by Gasteiger charge is 2.49. The molecule has 3 heterocycles. The summed E-state index contributed by atoms with van der Waals surface area (Å²) in [6, 6.07) is 5.12. The summed E-state index contributed by atoms with van der Waals surface area (Å²) < 4.78 is 31.9. The number of amides is 2. The molecule has 26 heavy (non-hydrogen) atoms. The van der Waals surface area contributed by atoms with E-state index in [2.05, 4.69) is 0 Å². The number of rotatable bonds is 2. The first-order chi connectivity index (χ1) is 12.4. The van der Waals surface area contributed by atoms with Crippen molar-refractivity contribution < 1.29 is 22.8 Å². The Bertz CT molecular complexity index is 895. The third kappa shape index (κ3) is 2.67. The lowest BCUT2D eigenvalue weighted by Gasteiger charge is -2.24. The van der Waals surface area contributed by atoms with Crippen molar-refractivity contribution in [2.75, 3.05) is 24.5 Å². The maximum absolute atomic E-state index is 13.5. The van der Waals surface area contributed by atoms with Gasteiger partial charge in [-0.05, 0) is 31.5 Å². The fourth-order valence-corrected chi connectivity index (χ4v) is 3.94. The van der Waals surface area contributed by atoms with Crippen LogP contribution in [0.2, 0.25) is 0 Å². The number of nitrogens with zero attached hydrogens (tertiary/aromatic N) is 2. The largest absolute Gasteiger partial charge is 0.469 e. The fourth-order valence-electron chi connectivity index (χ4n) is 3.94. The molecule has 1 spiro atoms. The van der Waals surface area contributed by atoms with Crippen LogP contribution in [0.4, 0.5) is 14.5 Å². The van der Waals surface area contributed by atoms with Crippen LogP contribution in [0.15, 0.2) is 34.9 Å². The second-order valence-electron chi connectivity index (χ2n) is 7.12. The lowest BCUT2D eigenvalue weighted by Crippen LogP contribution is -2.34. The summed E-state index contributed by atoms with van der Waals surface area (Å²) in [6.07, 6.45) is 2.47. The number of likely N-dealkylation sites (tertiary alicyclic amines) is 1. The van der Waals surface area contributed by atoms with Gasteiger partial charge in [0.1, 0.15) is 5.76 Å². The lowest BCUT2D eigenvalue weighted by atomic mass is 9.86. The van der Waals surface area contributed by atoms with Gasteiger partial charge in [-0.3, -0.25) is 9.59 Å². The predicted octanol–water partition coefficient (Wildman–Crippen LogP) is 3.14. The van der Waals surface area contributed by atoms with E-state index in [4.69, 9.17) is 4.42 Å². The Morgan fingerprint density at radius 3 is 2.69 bits per heavy atom. The lowest BCUT2D eigenvalue weighted by molar-refractivity contribution is -0.117. The summed E-state index contributed by atoms with van der Waals surface area (Å²) in [5.41, 5.74) is 0.528. The van der Waals surface area contributed by atoms with Gasteiger partial charge in [-0.15, -0.1) is 0 Å². The van der Waals surface area contributed by atoms with Gasteiger partial charge < -0.3 is 14.2 Å². The highest BCUT2D eigenvalue weighted by Crippen LogP contribution is 2.42. The Hall–Kier alpha value is -2.70. The highest BCUT2D eigenvalue weighted by molar-refractivity contribution is 5.98. The van der Waals surface area contributed by atoms with Gasteiger partial charge in [0.15, 0.2) is 11.6 Å². The van der Waals surface area contributed by atoms with Crippen LogP contribution in [-0.4, -0.2) is 36.3 Å². The Morgan fingerprint density at radius 1 is 1.19 bits per heavy atom. The van der Waals surface area contributed by atoms with Gasteiger partial charge in [0.05, 0.1) is 11.8 Å². The van der Waals surface area contributed by atoms with E-state index in [0.717, 1.165) is 12.1 Å². The number of hydrogen-bond acceptors (Lipinski definition) is 3. The number of halogens is 2. The minimum Gasteiger partial charge on any atom is -0.469 e. The molecule has 2 saturated heterocycles. The Balaban J connectivity index is 1.52.